The molecular weight excluding hydrogens is 406 g/mol. The second kappa shape index (κ2) is 13.1. The molecule has 0 bridgehead atoms. The normalized spacial score (nSPS) is 14.9. The van der Waals surface area contributed by atoms with Crippen molar-refractivity contribution in [3.63, 3.8) is 0 Å². The van der Waals surface area contributed by atoms with Gasteiger partial charge in [0.1, 0.15) is 0 Å². The van der Waals surface area contributed by atoms with Crippen LogP contribution in [0, 0.1) is 0 Å². The molecule has 2 heterocycles. The topological polar surface area (TPSA) is 68.8 Å². The summed E-state index contributed by atoms with van der Waals surface area (Å²) in [6, 6.07) is 12.6. The summed E-state index contributed by atoms with van der Waals surface area (Å²) in [7, 11) is 0. The van der Waals surface area contributed by atoms with Crippen LogP contribution < -0.4 is 16.0 Å². The highest BCUT2D eigenvalue weighted by Gasteiger charge is 2.10. The van der Waals surface area contributed by atoms with Crippen molar-refractivity contribution >= 4 is 23.2 Å². The predicted molar refractivity (Wildman–Crippen MR) is 130 cm³/mol. The van der Waals surface area contributed by atoms with Gasteiger partial charge in [0.15, 0.2) is 5.96 Å². The maximum Gasteiger partial charge on any atom is 0.261 e. The number of hydrogen-bond donors (Lipinski definition) is 3. The van der Waals surface area contributed by atoms with E-state index in [-0.39, 0.29) is 5.91 Å². The van der Waals surface area contributed by atoms with Gasteiger partial charge in [-0.3, -0.25) is 9.69 Å². The van der Waals surface area contributed by atoms with Crippen molar-refractivity contribution in [1.82, 2.24) is 20.9 Å². The molecule has 0 aliphatic carbocycles. The molecule has 0 spiro atoms. The first-order valence-corrected chi connectivity index (χ1v) is 12.3. The standard InChI is InChI=1S/C24H35N5OS/c1-2-25-24(27-14-7-13-26-23(30)22-8-6-17-31-22)28-18-20-9-11-21(12-10-20)19-29-15-4-3-5-16-29/h6,8-12,17H,2-5,7,13-16,18-19H2,1H3,(H,26,30)(H2,25,27,28). The van der Waals surface area contributed by atoms with Crippen molar-refractivity contribution < 1.29 is 4.79 Å². The van der Waals surface area contributed by atoms with Crippen LogP contribution in [0.15, 0.2) is 46.8 Å². The molecule has 6 nitrogen and oxygen atoms in total. The molecule has 1 aromatic heterocycles. The molecule has 1 aliphatic rings. The van der Waals surface area contributed by atoms with Gasteiger partial charge in [-0.05, 0) is 61.8 Å². The van der Waals surface area contributed by atoms with E-state index in [4.69, 9.17) is 4.99 Å². The van der Waals surface area contributed by atoms with Crippen LogP contribution >= 0.6 is 11.3 Å². The number of piperidine rings is 1. The summed E-state index contributed by atoms with van der Waals surface area (Å²) in [4.78, 5) is 19.9. The highest BCUT2D eigenvalue weighted by molar-refractivity contribution is 7.12. The molecule has 1 aromatic carbocycles. The number of rotatable bonds is 10. The van der Waals surface area contributed by atoms with E-state index in [0.29, 0.717) is 13.1 Å². The van der Waals surface area contributed by atoms with E-state index in [0.717, 1.165) is 36.9 Å². The van der Waals surface area contributed by atoms with Gasteiger partial charge in [-0.1, -0.05) is 36.8 Å². The number of thiophene rings is 1. The van der Waals surface area contributed by atoms with Gasteiger partial charge >= 0.3 is 0 Å². The quantitative estimate of drug-likeness (QED) is 0.299. The van der Waals surface area contributed by atoms with Crippen molar-refractivity contribution in [2.24, 2.45) is 4.99 Å². The van der Waals surface area contributed by atoms with Crippen molar-refractivity contribution in [2.75, 3.05) is 32.7 Å². The van der Waals surface area contributed by atoms with E-state index in [9.17, 15) is 4.79 Å². The fraction of sp³-hybridized carbons (Fsp3) is 0.500. The van der Waals surface area contributed by atoms with Crippen LogP contribution in [0.25, 0.3) is 0 Å². The molecular formula is C24H35N5OS. The molecule has 1 aliphatic heterocycles. The maximum atomic E-state index is 11.9. The first kappa shape index (κ1) is 23.3. The van der Waals surface area contributed by atoms with Gasteiger partial charge in [-0.2, -0.15) is 0 Å². The number of nitrogens with one attached hydrogen (secondary N) is 3. The summed E-state index contributed by atoms with van der Waals surface area (Å²) >= 11 is 1.46. The van der Waals surface area contributed by atoms with Crippen LogP contribution in [-0.2, 0) is 13.1 Å². The molecule has 3 rings (SSSR count). The molecule has 0 radical (unpaired) electrons. The molecule has 1 fully saturated rings. The third-order valence-electron chi connectivity index (χ3n) is 5.32. The number of nitrogens with zero attached hydrogens (tertiary/aromatic N) is 2. The fourth-order valence-electron chi connectivity index (χ4n) is 3.63. The Labute approximate surface area is 190 Å². The second-order valence-corrected chi connectivity index (χ2v) is 8.81. The number of carbonyl (C=O) groups is 1. The number of hydrogen-bond acceptors (Lipinski definition) is 4. The van der Waals surface area contributed by atoms with Gasteiger partial charge < -0.3 is 16.0 Å². The van der Waals surface area contributed by atoms with Gasteiger partial charge in [-0.15, -0.1) is 11.3 Å². The van der Waals surface area contributed by atoms with Crippen LogP contribution in [0.1, 0.15) is 53.4 Å². The Bertz CT molecular complexity index is 798. The van der Waals surface area contributed by atoms with E-state index in [1.807, 2.05) is 17.5 Å². The van der Waals surface area contributed by atoms with Crippen LogP contribution in [0.3, 0.4) is 0 Å². The number of aliphatic imine (C=N–C) groups is 1. The molecule has 1 saturated heterocycles. The molecule has 3 N–H and O–H groups in total. The summed E-state index contributed by atoms with van der Waals surface area (Å²) in [5.41, 5.74) is 2.59. The SMILES string of the molecule is CCNC(=NCc1ccc(CN2CCCCC2)cc1)NCCCNC(=O)c1cccs1. The van der Waals surface area contributed by atoms with Gasteiger partial charge in [0, 0.05) is 26.2 Å². The molecule has 1 amide bonds. The number of carbonyl (C=O) groups excluding carboxylic acids is 1. The molecule has 0 saturated carbocycles. The zero-order chi connectivity index (χ0) is 21.7. The van der Waals surface area contributed by atoms with Crippen LogP contribution in [0.4, 0.5) is 0 Å². The largest absolute Gasteiger partial charge is 0.357 e. The monoisotopic (exact) mass is 441 g/mol. The summed E-state index contributed by atoms with van der Waals surface area (Å²) in [5, 5.41) is 11.5. The molecule has 0 atom stereocenters. The smallest absolute Gasteiger partial charge is 0.261 e. The Morgan fingerprint density at radius 3 is 2.45 bits per heavy atom. The van der Waals surface area contributed by atoms with Crippen LogP contribution in [0.2, 0.25) is 0 Å². The Hall–Kier alpha value is -2.38. The number of likely N-dealkylation sites (tertiary alicyclic amines) is 1. The Morgan fingerprint density at radius 2 is 1.74 bits per heavy atom. The first-order valence-electron chi connectivity index (χ1n) is 11.4. The lowest BCUT2D eigenvalue weighted by molar-refractivity contribution is 0.0957. The third-order valence-corrected chi connectivity index (χ3v) is 6.19. The van der Waals surface area contributed by atoms with Crippen molar-refractivity contribution in [3.8, 4) is 0 Å². The van der Waals surface area contributed by atoms with Crippen LogP contribution in [0.5, 0.6) is 0 Å². The number of guanidine groups is 1. The van der Waals surface area contributed by atoms with E-state index in [1.165, 1.54) is 54.8 Å². The minimum absolute atomic E-state index is 0.000641. The minimum Gasteiger partial charge on any atom is -0.357 e. The summed E-state index contributed by atoms with van der Waals surface area (Å²) in [6.07, 6.45) is 4.87. The van der Waals surface area contributed by atoms with Crippen molar-refractivity contribution in [3.05, 3.63) is 57.8 Å². The highest BCUT2D eigenvalue weighted by atomic mass is 32.1. The van der Waals surface area contributed by atoms with E-state index in [1.54, 1.807) is 0 Å². The molecule has 31 heavy (non-hydrogen) atoms. The first-order chi connectivity index (χ1) is 15.2. The molecule has 168 valence electrons. The van der Waals surface area contributed by atoms with Crippen molar-refractivity contribution in [2.45, 2.75) is 45.7 Å². The van der Waals surface area contributed by atoms with Crippen molar-refractivity contribution in [1.29, 1.82) is 0 Å². The van der Waals surface area contributed by atoms with E-state index >= 15 is 0 Å². The molecule has 0 unspecified atom stereocenters. The Morgan fingerprint density at radius 1 is 1.00 bits per heavy atom. The van der Waals surface area contributed by atoms with Gasteiger partial charge in [0.05, 0.1) is 11.4 Å². The Balaban J connectivity index is 1.38. The zero-order valence-corrected chi connectivity index (χ0v) is 19.3. The summed E-state index contributed by atoms with van der Waals surface area (Å²) in [5.74, 6) is 0.809. The minimum atomic E-state index is -0.000641. The third kappa shape index (κ3) is 8.34. The van der Waals surface area contributed by atoms with Crippen LogP contribution in [-0.4, -0.2) is 49.5 Å². The number of benzene rings is 1. The maximum absolute atomic E-state index is 11.9. The van der Waals surface area contributed by atoms with Gasteiger partial charge in [0.2, 0.25) is 0 Å². The zero-order valence-electron chi connectivity index (χ0n) is 18.5. The lowest BCUT2D eigenvalue weighted by Gasteiger charge is -2.26. The highest BCUT2D eigenvalue weighted by Crippen LogP contribution is 2.14. The second-order valence-electron chi connectivity index (χ2n) is 7.86. The van der Waals surface area contributed by atoms with Gasteiger partial charge in [-0.25, -0.2) is 4.99 Å². The average Bonchev–Trinajstić information content (AvgIpc) is 3.34. The molecule has 2 aromatic rings. The predicted octanol–water partition coefficient (Wildman–Crippen LogP) is 3.61. The average molecular weight is 442 g/mol. The summed E-state index contributed by atoms with van der Waals surface area (Å²) < 4.78 is 0. The lowest BCUT2D eigenvalue weighted by atomic mass is 10.1. The molecule has 7 heteroatoms. The Kier molecular flexibility index (Phi) is 9.86. The number of amides is 1. The van der Waals surface area contributed by atoms with E-state index < -0.39 is 0 Å². The van der Waals surface area contributed by atoms with E-state index in [2.05, 4.69) is 52.0 Å². The summed E-state index contributed by atoms with van der Waals surface area (Å²) in [6.45, 7) is 8.42. The van der Waals surface area contributed by atoms with Gasteiger partial charge in [0.25, 0.3) is 5.91 Å². The lowest BCUT2D eigenvalue weighted by Crippen LogP contribution is -2.38. The fourth-order valence-corrected chi connectivity index (χ4v) is 4.27.